The molecule has 0 unspecified atom stereocenters. The molecule has 0 radical (unpaired) electrons. The lowest BCUT2D eigenvalue weighted by molar-refractivity contribution is 0.0792. The van der Waals surface area contributed by atoms with E-state index >= 15 is 0 Å². The molecule has 18 heavy (non-hydrogen) atoms. The largest absolute Gasteiger partial charge is 0.396 e. The van der Waals surface area contributed by atoms with Crippen LogP contribution in [0.3, 0.4) is 0 Å². The first-order chi connectivity index (χ1) is 8.57. The van der Waals surface area contributed by atoms with Crippen LogP contribution in [0.4, 0.5) is 0 Å². The van der Waals surface area contributed by atoms with Gasteiger partial charge in [0, 0.05) is 24.7 Å². The predicted octanol–water partition coefficient (Wildman–Crippen LogP) is 3.34. The van der Waals surface area contributed by atoms with Crippen LogP contribution in [-0.2, 0) is 0 Å². The van der Waals surface area contributed by atoms with E-state index in [-0.39, 0.29) is 12.5 Å². The molecule has 1 rings (SSSR count). The van der Waals surface area contributed by atoms with E-state index in [1.54, 1.807) is 30.1 Å². The van der Waals surface area contributed by atoms with Crippen molar-refractivity contribution in [2.45, 2.75) is 19.3 Å². The molecule has 0 aliphatic heterocycles. The summed E-state index contributed by atoms with van der Waals surface area (Å²) in [7, 11) is 1.76. The second-order valence-electron chi connectivity index (χ2n) is 4.11. The number of unbranched alkanes of at least 4 members (excludes halogenated alkanes) is 2. The first-order valence-electron chi connectivity index (χ1n) is 5.88. The van der Waals surface area contributed by atoms with Crippen LogP contribution in [0.2, 0.25) is 5.02 Å². The van der Waals surface area contributed by atoms with Crippen LogP contribution in [0.1, 0.15) is 29.6 Å². The van der Waals surface area contributed by atoms with E-state index in [1.807, 2.05) is 0 Å². The van der Waals surface area contributed by atoms with E-state index in [0.717, 1.165) is 23.7 Å². The molecule has 0 atom stereocenters. The third-order valence-corrected chi connectivity index (χ3v) is 3.98. The molecule has 0 aliphatic rings. The third kappa shape index (κ3) is 4.26. The quantitative estimate of drug-likeness (QED) is 0.811. The number of amides is 1. The fourth-order valence-corrected chi connectivity index (χ4v) is 2.19. The highest BCUT2D eigenvalue weighted by atomic mass is 79.9. The number of nitrogens with zero attached hydrogens (tertiary/aromatic N) is 1. The Morgan fingerprint density at radius 2 is 2.11 bits per heavy atom. The molecule has 0 spiro atoms. The van der Waals surface area contributed by atoms with Gasteiger partial charge >= 0.3 is 0 Å². The highest BCUT2D eigenvalue weighted by Crippen LogP contribution is 2.26. The Kier molecular flexibility index (Phi) is 6.68. The van der Waals surface area contributed by atoms with Gasteiger partial charge in [0.2, 0.25) is 0 Å². The number of aliphatic hydroxyl groups is 1. The first kappa shape index (κ1) is 15.5. The predicted molar refractivity (Wildman–Crippen MR) is 77.0 cm³/mol. The van der Waals surface area contributed by atoms with Crippen molar-refractivity contribution in [2.75, 3.05) is 20.2 Å². The summed E-state index contributed by atoms with van der Waals surface area (Å²) in [4.78, 5) is 13.8. The molecule has 0 saturated carbocycles. The minimum Gasteiger partial charge on any atom is -0.396 e. The van der Waals surface area contributed by atoms with Gasteiger partial charge in [-0.15, -0.1) is 0 Å². The smallest absolute Gasteiger partial charge is 0.255 e. The summed E-state index contributed by atoms with van der Waals surface area (Å²) in [5.41, 5.74) is 0.510. The van der Waals surface area contributed by atoms with Crippen LogP contribution in [0.15, 0.2) is 22.7 Å². The van der Waals surface area contributed by atoms with Gasteiger partial charge in [-0.1, -0.05) is 17.7 Å². The number of hydrogen-bond donors (Lipinski definition) is 1. The van der Waals surface area contributed by atoms with Crippen LogP contribution in [0.5, 0.6) is 0 Å². The zero-order valence-corrected chi connectivity index (χ0v) is 12.7. The third-order valence-electron chi connectivity index (χ3n) is 2.68. The minimum absolute atomic E-state index is 0.0784. The summed E-state index contributed by atoms with van der Waals surface area (Å²) in [5.74, 6) is -0.0784. The Labute approximate surface area is 121 Å². The van der Waals surface area contributed by atoms with Crippen LogP contribution >= 0.6 is 27.5 Å². The fourth-order valence-electron chi connectivity index (χ4n) is 1.61. The van der Waals surface area contributed by atoms with Gasteiger partial charge in [0.1, 0.15) is 0 Å². The number of hydrogen-bond acceptors (Lipinski definition) is 2. The summed E-state index contributed by atoms with van der Waals surface area (Å²) < 4.78 is 0.726. The van der Waals surface area contributed by atoms with Crippen LogP contribution in [-0.4, -0.2) is 36.1 Å². The van der Waals surface area contributed by atoms with Crippen molar-refractivity contribution in [1.82, 2.24) is 4.90 Å². The van der Waals surface area contributed by atoms with E-state index < -0.39 is 0 Å². The van der Waals surface area contributed by atoms with Crippen molar-refractivity contribution >= 4 is 33.4 Å². The van der Waals surface area contributed by atoms with Gasteiger partial charge in [0.25, 0.3) is 5.91 Å². The lowest BCUT2D eigenvalue weighted by Gasteiger charge is -2.18. The van der Waals surface area contributed by atoms with E-state index in [1.165, 1.54) is 0 Å². The molecule has 0 saturated heterocycles. The summed E-state index contributed by atoms with van der Waals surface area (Å²) in [6, 6.07) is 5.32. The zero-order chi connectivity index (χ0) is 13.5. The van der Waals surface area contributed by atoms with E-state index in [4.69, 9.17) is 16.7 Å². The molecule has 0 bridgehead atoms. The van der Waals surface area contributed by atoms with E-state index in [0.29, 0.717) is 17.1 Å². The SMILES string of the molecule is CN(CCCCCO)C(=O)c1cccc(Br)c1Cl. The van der Waals surface area contributed by atoms with Crippen LogP contribution in [0.25, 0.3) is 0 Å². The molecule has 1 amide bonds. The second kappa shape index (κ2) is 7.77. The molecule has 0 fully saturated rings. The lowest BCUT2D eigenvalue weighted by Crippen LogP contribution is -2.28. The summed E-state index contributed by atoms with van der Waals surface area (Å²) in [6.07, 6.45) is 2.58. The Bertz CT molecular complexity index is 412. The molecule has 5 heteroatoms. The topological polar surface area (TPSA) is 40.5 Å². The molecule has 100 valence electrons. The van der Waals surface area contributed by atoms with Crippen molar-refractivity contribution < 1.29 is 9.90 Å². The Hall–Kier alpha value is -0.580. The van der Waals surface area contributed by atoms with Gasteiger partial charge in [-0.25, -0.2) is 0 Å². The number of halogens is 2. The van der Waals surface area contributed by atoms with Crippen molar-refractivity contribution in [3.63, 3.8) is 0 Å². The second-order valence-corrected chi connectivity index (χ2v) is 5.34. The normalized spacial score (nSPS) is 10.4. The maximum absolute atomic E-state index is 12.2. The molecule has 1 aromatic carbocycles. The molecule has 0 heterocycles. The molecule has 3 nitrogen and oxygen atoms in total. The van der Waals surface area contributed by atoms with E-state index in [2.05, 4.69) is 15.9 Å². The Morgan fingerprint density at radius 1 is 1.39 bits per heavy atom. The van der Waals surface area contributed by atoms with Crippen LogP contribution in [0, 0.1) is 0 Å². The Morgan fingerprint density at radius 3 is 2.78 bits per heavy atom. The summed E-state index contributed by atoms with van der Waals surface area (Å²) >= 11 is 9.39. The number of aliphatic hydroxyl groups excluding tert-OH is 1. The first-order valence-corrected chi connectivity index (χ1v) is 7.05. The molecule has 1 aromatic rings. The maximum atomic E-state index is 12.2. The van der Waals surface area contributed by atoms with Crippen molar-refractivity contribution in [1.29, 1.82) is 0 Å². The number of carbonyl (C=O) groups is 1. The molecule has 0 aliphatic carbocycles. The fraction of sp³-hybridized carbons (Fsp3) is 0.462. The van der Waals surface area contributed by atoms with Gasteiger partial charge in [0.05, 0.1) is 10.6 Å². The lowest BCUT2D eigenvalue weighted by atomic mass is 10.2. The Balaban J connectivity index is 2.60. The highest BCUT2D eigenvalue weighted by Gasteiger charge is 2.15. The standard InChI is InChI=1S/C13H17BrClNO2/c1-16(8-3-2-4-9-17)13(18)10-6-5-7-11(14)12(10)15/h5-7,17H,2-4,8-9H2,1H3. The highest BCUT2D eigenvalue weighted by molar-refractivity contribution is 9.10. The van der Waals surface area contributed by atoms with Gasteiger partial charge in [-0.2, -0.15) is 0 Å². The summed E-state index contributed by atoms with van der Waals surface area (Å²) in [5, 5.41) is 9.13. The van der Waals surface area contributed by atoms with Gasteiger partial charge in [-0.05, 0) is 47.3 Å². The minimum atomic E-state index is -0.0784. The monoisotopic (exact) mass is 333 g/mol. The molecule has 1 N–H and O–H groups in total. The molecular weight excluding hydrogens is 318 g/mol. The maximum Gasteiger partial charge on any atom is 0.255 e. The summed E-state index contributed by atoms with van der Waals surface area (Å²) in [6.45, 7) is 0.872. The van der Waals surface area contributed by atoms with Gasteiger partial charge < -0.3 is 10.0 Å². The van der Waals surface area contributed by atoms with Gasteiger partial charge in [0.15, 0.2) is 0 Å². The number of carbonyl (C=O) groups excluding carboxylic acids is 1. The van der Waals surface area contributed by atoms with Gasteiger partial charge in [-0.3, -0.25) is 4.79 Å². The van der Waals surface area contributed by atoms with Crippen molar-refractivity contribution in [3.05, 3.63) is 33.3 Å². The van der Waals surface area contributed by atoms with Crippen molar-refractivity contribution in [2.24, 2.45) is 0 Å². The molecule has 0 aromatic heterocycles. The van der Waals surface area contributed by atoms with E-state index in [9.17, 15) is 4.79 Å². The number of benzene rings is 1. The number of rotatable bonds is 6. The van der Waals surface area contributed by atoms with Crippen molar-refractivity contribution in [3.8, 4) is 0 Å². The average Bonchev–Trinajstić information content (AvgIpc) is 2.37. The van der Waals surface area contributed by atoms with Crippen LogP contribution < -0.4 is 0 Å². The molecular formula is C13H17BrClNO2. The average molecular weight is 335 g/mol. The zero-order valence-electron chi connectivity index (χ0n) is 10.3.